The smallest absolute Gasteiger partial charge is 0.289 e. The number of aromatic nitrogens is 2. The van der Waals surface area contributed by atoms with Crippen molar-refractivity contribution in [2.45, 2.75) is 65.2 Å². The summed E-state index contributed by atoms with van der Waals surface area (Å²) >= 11 is 0. The van der Waals surface area contributed by atoms with E-state index < -0.39 is 0 Å². The molecule has 0 unspecified atom stereocenters. The van der Waals surface area contributed by atoms with Crippen LogP contribution in [-0.4, -0.2) is 28.9 Å². The molecule has 0 aliphatic carbocycles. The van der Waals surface area contributed by atoms with Crippen LogP contribution in [0, 0.1) is 0 Å². The van der Waals surface area contributed by atoms with E-state index in [4.69, 9.17) is 4.74 Å². The van der Waals surface area contributed by atoms with Crippen molar-refractivity contribution in [3.63, 3.8) is 0 Å². The minimum Gasteiger partial charge on any atom is -0.494 e. The van der Waals surface area contributed by atoms with E-state index in [0.29, 0.717) is 17.3 Å². The van der Waals surface area contributed by atoms with Gasteiger partial charge in [-0.15, -0.1) is 0 Å². The van der Waals surface area contributed by atoms with Gasteiger partial charge in [-0.2, -0.15) is 10.2 Å². The van der Waals surface area contributed by atoms with Gasteiger partial charge < -0.3 is 4.74 Å². The Hall–Kier alpha value is -3.41. The summed E-state index contributed by atoms with van der Waals surface area (Å²) in [5.74, 6) is 0.989. The summed E-state index contributed by atoms with van der Waals surface area (Å²) in [6, 6.07) is 17.6. The number of rotatable bonds is 13. The standard InChI is InChI=1S/C28H36N4O2/c1-4-5-6-7-8-9-18-34-25-16-14-24(15-17-25)26-19-27(31-30-26)28(33)32-29-20-22-10-12-23(13-11-22)21(2)3/h10-17,19-21H,4-9,18H2,1-3H3,(H,30,31)(H,32,33)/b29-20-. The molecule has 3 aromatic rings. The molecule has 0 saturated carbocycles. The zero-order valence-electron chi connectivity index (χ0n) is 20.5. The van der Waals surface area contributed by atoms with Crippen LogP contribution in [0.15, 0.2) is 59.7 Å². The number of benzene rings is 2. The SMILES string of the molecule is CCCCCCCCOc1ccc(-c2cc(C(=O)N/N=C\c3ccc(C(C)C)cc3)[nH]n2)cc1. The third-order valence-corrected chi connectivity index (χ3v) is 5.72. The average Bonchev–Trinajstić information content (AvgIpc) is 3.35. The number of nitrogens with zero attached hydrogens (tertiary/aromatic N) is 2. The summed E-state index contributed by atoms with van der Waals surface area (Å²) in [6.45, 7) is 7.28. The Labute approximate surface area is 202 Å². The molecule has 34 heavy (non-hydrogen) atoms. The highest BCUT2D eigenvalue weighted by Crippen LogP contribution is 2.22. The molecule has 0 fully saturated rings. The topological polar surface area (TPSA) is 79.4 Å². The Morgan fingerprint density at radius 2 is 1.74 bits per heavy atom. The van der Waals surface area contributed by atoms with Gasteiger partial charge in [-0.05, 0) is 53.8 Å². The van der Waals surface area contributed by atoms with Gasteiger partial charge in [0.1, 0.15) is 11.4 Å². The van der Waals surface area contributed by atoms with Gasteiger partial charge in [-0.3, -0.25) is 9.89 Å². The molecule has 6 nitrogen and oxygen atoms in total. The van der Waals surface area contributed by atoms with Gasteiger partial charge in [0, 0.05) is 5.56 Å². The van der Waals surface area contributed by atoms with Crippen molar-refractivity contribution in [1.82, 2.24) is 15.6 Å². The predicted octanol–water partition coefficient (Wildman–Crippen LogP) is 6.70. The van der Waals surface area contributed by atoms with Crippen molar-refractivity contribution in [3.8, 4) is 17.0 Å². The summed E-state index contributed by atoms with van der Waals surface area (Å²) < 4.78 is 5.84. The molecular weight excluding hydrogens is 424 g/mol. The van der Waals surface area contributed by atoms with Crippen LogP contribution in [0.2, 0.25) is 0 Å². The van der Waals surface area contributed by atoms with E-state index in [1.807, 2.05) is 36.4 Å². The van der Waals surface area contributed by atoms with Crippen LogP contribution in [-0.2, 0) is 0 Å². The molecule has 1 amide bonds. The van der Waals surface area contributed by atoms with Crippen LogP contribution >= 0.6 is 0 Å². The van der Waals surface area contributed by atoms with E-state index in [1.165, 1.54) is 37.7 Å². The minimum atomic E-state index is -0.340. The average molecular weight is 461 g/mol. The number of unbranched alkanes of at least 4 members (excludes halogenated alkanes) is 5. The van der Waals surface area contributed by atoms with E-state index in [2.05, 4.69) is 53.6 Å². The van der Waals surface area contributed by atoms with Gasteiger partial charge in [-0.25, -0.2) is 5.43 Å². The fraction of sp³-hybridized carbons (Fsp3) is 0.393. The van der Waals surface area contributed by atoms with Gasteiger partial charge in [0.25, 0.3) is 5.91 Å². The number of H-pyrrole nitrogens is 1. The van der Waals surface area contributed by atoms with Crippen molar-refractivity contribution >= 4 is 12.1 Å². The molecule has 6 heteroatoms. The number of nitrogens with one attached hydrogen (secondary N) is 2. The minimum absolute atomic E-state index is 0.340. The molecule has 3 rings (SSSR count). The highest BCUT2D eigenvalue weighted by molar-refractivity contribution is 5.94. The van der Waals surface area contributed by atoms with E-state index in [-0.39, 0.29) is 5.91 Å². The number of hydrogen-bond donors (Lipinski definition) is 2. The van der Waals surface area contributed by atoms with Gasteiger partial charge in [0.05, 0.1) is 18.5 Å². The molecule has 1 heterocycles. The number of carbonyl (C=O) groups excluding carboxylic acids is 1. The Morgan fingerprint density at radius 3 is 2.44 bits per heavy atom. The molecule has 0 atom stereocenters. The lowest BCUT2D eigenvalue weighted by atomic mass is 10.0. The summed E-state index contributed by atoms with van der Waals surface area (Å²) in [5.41, 5.74) is 6.70. The largest absolute Gasteiger partial charge is 0.494 e. The highest BCUT2D eigenvalue weighted by Gasteiger charge is 2.10. The third kappa shape index (κ3) is 7.87. The molecule has 2 N–H and O–H groups in total. The van der Waals surface area contributed by atoms with Crippen LogP contribution in [0.1, 0.15) is 86.8 Å². The Kier molecular flexibility index (Phi) is 9.89. The summed E-state index contributed by atoms with van der Waals surface area (Å²) in [5, 5.41) is 11.1. The van der Waals surface area contributed by atoms with Crippen LogP contribution in [0.3, 0.4) is 0 Å². The summed E-state index contributed by atoms with van der Waals surface area (Å²) in [7, 11) is 0. The Morgan fingerprint density at radius 1 is 1.03 bits per heavy atom. The van der Waals surface area contributed by atoms with Gasteiger partial charge in [0.15, 0.2) is 0 Å². The fourth-order valence-electron chi connectivity index (χ4n) is 3.57. The lowest BCUT2D eigenvalue weighted by molar-refractivity contribution is 0.0950. The first-order chi connectivity index (χ1) is 16.6. The maximum absolute atomic E-state index is 12.4. The third-order valence-electron chi connectivity index (χ3n) is 5.72. The van der Waals surface area contributed by atoms with Crippen molar-refractivity contribution in [3.05, 3.63) is 71.4 Å². The monoisotopic (exact) mass is 460 g/mol. The molecule has 2 aromatic carbocycles. The van der Waals surface area contributed by atoms with Crippen molar-refractivity contribution in [2.75, 3.05) is 6.61 Å². The van der Waals surface area contributed by atoms with Crippen molar-refractivity contribution in [1.29, 1.82) is 0 Å². The fourth-order valence-corrected chi connectivity index (χ4v) is 3.57. The number of aromatic amines is 1. The molecule has 180 valence electrons. The second-order valence-corrected chi connectivity index (χ2v) is 8.83. The van der Waals surface area contributed by atoms with Crippen LogP contribution in [0.5, 0.6) is 5.75 Å². The molecule has 0 aliphatic rings. The summed E-state index contributed by atoms with van der Waals surface area (Å²) in [6.07, 6.45) is 9.10. The van der Waals surface area contributed by atoms with E-state index in [1.54, 1.807) is 12.3 Å². The van der Waals surface area contributed by atoms with Crippen LogP contribution in [0.4, 0.5) is 0 Å². The first-order valence-corrected chi connectivity index (χ1v) is 12.3. The molecule has 1 aromatic heterocycles. The summed E-state index contributed by atoms with van der Waals surface area (Å²) in [4.78, 5) is 12.4. The zero-order chi connectivity index (χ0) is 24.2. The predicted molar refractivity (Wildman–Crippen MR) is 138 cm³/mol. The molecule has 0 aliphatic heterocycles. The maximum atomic E-state index is 12.4. The van der Waals surface area contributed by atoms with E-state index >= 15 is 0 Å². The molecule has 0 radical (unpaired) electrons. The lowest BCUT2D eigenvalue weighted by Gasteiger charge is -2.06. The van der Waals surface area contributed by atoms with Crippen molar-refractivity contribution < 1.29 is 9.53 Å². The Bertz CT molecular complexity index is 1040. The first kappa shape index (κ1) is 25.2. The molecule has 0 saturated heterocycles. The van der Waals surface area contributed by atoms with Gasteiger partial charge >= 0.3 is 0 Å². The number of carbonyl (C=O) groups is 1. The quantitative estimate of drug-likeness (QED) is 0.169. The first-order valence-electron chi connectivity index (χ1n) is 12.3. The number of amides is 1. The Balaban J connectivity index is 1.46. The number of hydrogen-bond acceptors (Lipinski definition) is 4. The lowest BCUT2D eigenvalue weighted by Crippen LogP contribution is -2.18. The van der Waals surface area contributed by atoms with E-state index in [0.717, 1.165) is 29.9 Å². The van der Waals surface area contributed by atoms with Gasteiger partial charge in [-0.1, -0.05) is 77.1 Å². The normalized spacial score (nSPS) is 11.3. The molecule has 0 bridgehead atoms. The molecular formula is C28H36N4O2. The highest BCUT2D eigenvalue weighted by atomic mass is 16.5. The van der Waals surface area contributed by atoms with Gasteiger partial charge in [0.2, 0.25) is 0 Å². The zero-order valence-corrected chi connectivity index (χ0v) is 20.5. The second kappa shape index (κ2) is 13.3. The number of hydrazone groups is 1. The second-order valence-electron chi connectivity index (χ2n) is 8.83. The van der Waals surface area contributed by atoms with Crippen LogP contribution in [0.25, 0.3) is 11.3 Å². The van der Waals surface area contributed by atoms with Crippen LogP contribution < -0.4 is 10.2 Å². The maximum Gasteiger partial charge on any atom is 0.289 e. The molecule has 0 spiro atoms. The van der Waals surface area contributed by atoms with Crippen molar-refractivity contribution in [2.24, 2.45) is 5.10 Å². The number of ether oxygens (including phenoxy) is 1. The van der Waals surface area contributed by atoms with E-state index in [9.17, 15) is 4.79 Å².